The van der Waals surface area contributed by atoms with Gasteiger partial charge in [-0.15, -0.1) is 0 Å². The van der Waals surface area contributed by atoms with Gasteiger partial charge in [0.25, 0.3) is 15.9 Å². The van der Waals surface area contributed by atoms with E-state index >= 15 is 0 Å². The summed E-state index contributed by atoms with van der Waals surface area (Å²) in [6, 6.07) is 11.7. The molecule has 0 unspecified atom stereocenters. The van der Waals surface area contributed by atoms with Gasteiger partial charge in [-0.05, 0) is 42.7 Å². The molecule has 132 valence electrons. The van der Waals surface area contributed by atoms with Crippen molar-refractivity contribution in [3.05, 3.63) is 48.0 Å². The van der Waals surface area contributed by atoms with Crippen LogP contribution in [0.2, 0.25) is 0 Å². The highest BCUT2D eigenvalue weighted by Crippen LogP contribution is 2.31. The van der Waals surface area contributed by atoms with E-state index in [0.29, 0.717) is 17.1 Å². The van der Waals surface area contributed by atoms with Gasteiger partial charge in [0.15, 0.2) is 6.61 Å². The molecular formula is C18H20N2O4S. The summed E-state index contributed by atoms with van der Waals surface area (Å²) in [5.74, 6) is 0.207. The van der Waals surface area contributed by atoms with Crippen molar-refractivity contribution >= 4 is 27.3 Å². The number of anilines is 2. The van der Waals surface area contributed by atoms with E-state index < -0.39 is 10.0 Å². The summed E-state index contributed by atoms with van der Waals surface area (Å²) in [7, 11) is -3.68. The minimum atomic E-state index is -3.68. The maximum absolute atomic E-state index is 12.5. The van der Waals surface area contributed by atoms with Crippen molar-refractivity contribution in [3.63, 3.8) is 0 Å². The van der Waals surface area contributed by atoms with Crippen LogP contribution in [0.5, 0.6) is 5.75 Å². The Morgan fingerprint density at radius 2 is 1.92 bits per heavy atom. The molecule has 1 heterocycles. The smallest absolute Gasteiger partial charge is 0.262 e. The zero-order valence-corrected chi connectivity index (χ0v) is 14.7. The molecule has 0 aliphatic carbocycles. The molecule has 0 saturated heterocycles. The second kappa shape index (κ2) is 7.14. The third kappa shape index (κ3) is 4.11. The van der Waals surface area contributed by atoms with Crippen molar-refractivity contribution in [1.82, 2.24) is 0 Å². The van der Waals surface area contributed by atoms with E-state index in [2.05, 4.69) is 17.0 Å². The molecule has 1 amide bonds. The second-order valence-electron chi connectivity index (χ2n) is 5.90. The number of aryl methyl sites for hydroxylation is 1. The Hall–Kier alpha value is -2.54. The summed E-state index contributed by atoms with van der Waals surface area (Å²) in [6.45, 7) is 2.04. The van der Waals surface area contributed by atoms with Crippen LogP contribution in [-0.4, -0.2) is 20.9 Å². The van der Waals surface area contributed by atoms with Crippen LogP contribution in [0.3, 0.4) is 0 Å². The summed E-state index contributed by atoms with van der Waals surface area (Å²) < 4.78 is 32.9. The molecular weight excluding hydrogens is 340 g/mol. The molecule has 3 rings (SSSR count). The summed E-state index contributed by atoms with van der Waals surface area (Å²) in [6.07, 6.45) is 3.12. The van der Waals surface area contributed by atoms with Gasteiger partial charge < -0.3 is 10.1 Å². The third-order valence-electron chi connectivity index (χ3n) is 3.92. The fourth-order valence-electron chi connectivity index (χ4n) is 2.57. The van der Waals surface area contributed by atoms with Crippen LogP contribution < -0.4 is 14.8 Å². The molecule has 7 heteroatoms. The van der Waals surface area contributed by atoms with Crippen LogP contribution in [-0.2, 0) is 21.2 Å². The molecule has 0 atom stereocenters. The van der Waals surface area contributed by atoms with Crippen LogP contribution in [0.4, 0.5) is 11.4 Å². The molecule has 1 aliphatic rings. The predicted octanol–water partition coefficient (Wildman–Crippen LogP) is 3.16. The highest BCUT2D eigenvalue weighted by molar-refractivity contribution is 7.92. The Balaban J connectivity index is 1.76. The van der Waals surface area contributed by atoms with E-state index in [1.54, 1.807) is 30.3 Å². The highest BCUT2D eigenvalue weighted by atomic mass is 32.2. The number of rotatable bonds is 6. The maximum Gasteiger partial charge on any atom is 0.262 e. The molecule has 0 radical (unpaired) electrons. The Morgan fingerprint density at radius 1 is 1.16 bits per heavy atom. The number of benzene rings is 2. The third-order valence-corrected chi connectivity index (χ3v) is 5.32. The Bertz CT molecular complexity index is 876. The van der Waals surface area contributed by atoms with Crippen molar-refractivity contribution < 1.29 is 17.9 Å². The number of ether oxygens (including phenoxy) is 1. The maximum atomic E-state index is 12.5. The number of nitrogens with one attached hydrogen (secondary N) is 2. The lowest BCUT2D eigenvalue weighted by atomic mass is 10.1. The van der Waals surface area contributed by atoms with Gasteiger partial charge in [-0.1, -0.05) is 25.5 Å². The number of amides is 1. The molecule has 0 saturated carbocycles. The van der Waals surface area contributed by atoms with Gasteiger partial charge in [-0.25, -0.2) is 8.42 Å². The number of fused-ring (bicyclic) bond motifs is 1. The van der Waals surface area contributed by atoms with Crippen LogP contribution in [0.1, 0.15) is 25.3 Å². The van der Waals surface area contributed by atoms with Gasteiger partial charge in [0.05, 0.1) is 16.3 Å². The average molecular weight is 360 g/mol. The fraction of sp³-hybridized carbons (Fsp3) is 0.278. The van der Waals surface area contributed by atoms with Gasteiger partial charge in [0.2, 0.25) is 0 Å². The Kier molecular flexibility index (Phi) is 4.94. The number of sulfonamides is 1. The van der Waals surface area contributed by atoms with E-state index in [1.807, 2.05) is 12.1 Å². The normalized spacial score (nSPS) is 13.6. The molecule has 6 nitrogen and oxygen atoms in total. The second-order valence-corrected chi connectivity index (χ2v) is 7.58. The van der Waals surface area contributed by atoms with Crippen molar-refractivity contribution in [3.8, 4) is 5.75 Å². The minimum Gasteiger partial charge on any atom is -0.482 e. The molecule has 2 aromatic carbocycles. The first-order valence-electron chi connectivity index (χ1n) is 8.16. The molecule has 2 N–H and O–H groups in total. The van der Waals surface area contributed by atoms with Crippen molar-refractivity contribution in [2.75, 3.05) is 16.6 Å². The predicted molar refractivity (Wildman–Crippen MR) is 96.4 cm³/mol. The summed E-state index contributed by atoms with van der Waals surface area (Å²) in [5.41, 5.74) is 2.03. The topological polar surface area (TPSA) is 84.5 Å². The standard InChI is InChI=1S/C18H20N2O4S/c1-2-3-4-13-5-8-15(9-6-13)25(22,23)20-14-7-10-16-17(11-14)24-12-18(21)19-16/h5-11,20H,2-4,12H2,1H3,(H,19,21). The largest absolute Gasteiger partial charge is 0.482 e. The molecule has 25 heavy (non-hydrogen) atoms. The molecule has 0 aromatic heterocycles. The lowest BCUT2D eigenvalue weighted by molar-refractivity contribution is -0.118. The SMILES string of the molecule is CCCCc1ccc(S(=O)(=O)Nc2ccc3c(c2)OCC(=O)N3)cc1. The number of hydrogen-bond acceptors (Lipinski definition) is 4. The Labute approximate surface area is 147 Å². The minimum absolute atomic E-state index is 0.0809. The highest BCUT2D eigenvalue weighted by Gasteiger charge is 2.18. The molecule has 0 fully saturated rings. The quantitative estimate of drug-likeness (QED) is 0.829. The van der Waals surface area contributed by atoms with Gasteiger partial charge in [-0.3, -0.25) is 9.52 Å². The van der Waals surface area contributed by atoms with Crippen LogP contribution in [0.25, 0.3) is 0 Å². The molecule has 0 bridgehead atoms. The molecule has 2 aromatic rings. The number of hydrogen-bond donors (Lipinski definition) is 2. The van der Waals surface area contributed by atoms with Crippen molar-refractivity contribution in [1.29, 1.82) is 0 Å². The van der Waals surface area contributed by atoms with Crippen molar-refractivity contribution in [2.45, 2.75) is 31.1 Å². The summed E-state index contributed by atoms with van der Waals surface area (Å²) >= 11 is 0. The van der Waals surface area contributed by atoms with Crippen LogP contribution in [0, 0.1) is 0 Å². The first-order valence-corrected chi connectivity index (χ1v) is 9.65. The lowest BCUT2D eigenvalue weighted by Crippen LogP contribution is -2.25. The number of carbonyl (C=O) groups excluding carboxylic acids is 1. The van der Waals surface area contributed by atoms with E-state index in [0.717, 1.165) is 24.8 Å². The summed E-state index contributed by atoms with van der Waals surface area (Å²) in [5, 5.41) is 2.66. The van der Waals surface area contributed by atoms with E-state index in [-0.39, 0.29) is 17.4 Å². The van der Waals surface area contributed by atoms with Gasteiger partial charge >= 0.3 is 0 Å². The Morgan fingerprint density at radius 3 is 2.64 bits per heavy atom. The van der Waals surface area contributed by atoms with E-state index in [4.69, 9.17) is 4.74 Å². The average Bonchev–Trinajstić information content (AvgIpc) is 2.60. The lowest BCUT2D eigenvalue weighted by Gasteiger charge is -2.19. The zero-order valence-electron chi connectivity index (χ0n) is 13.9. The fourth-order valence-corrected chi connectivity index (χ4v) is 3.62. The number of unbranched alkanes of at least 4 members (excludes halogenated alkanes) is 1. The van der Waals surface area contributed by atoms with Gasteiger partial charge in [0, 0.05) is 6.07 Å². The first-order chi connectivity index (χ1) is 12.0. The van der Waals surface area contributed by atoms with Gasteiger partial charge in [-0.2, -0.15) is 0 Å². The molecule has 1 aliphatic heterocycles. The van der Waals surface area contributed by atoms with E-state index in [1.165, 1.54) is 0 Å². The summed E-state index contributed by atoms with van der Waals surface area (Å²) in [4.78, 5) is 11.5. The molecule has 0 spiro atoms. The monoisotopic (exact) mass is 360 g/mol. The van der Waals surface area contributed by atoms with Crippen molar-refractivity contribution in [2.24, 2.45) is 0 Å². The van der Waals surface area contributed by atoms with Crippen LogP contribution >= 0.6 is 0 Å². The number of carbonyl (C=O) groups is 1. The van der Waals surface area contributed by atoms with Crippen LogP contribution in [0.15, 0.2) is 47.4 Å². The van der Waals surface area contributed by atoms with Gasteiger partial charge in [0.1, 0.15) is 5.75 Å². The van der Waals surface area contributed by atoms with E-state index in [9.17, 15) is 13.2 Å². The zero-order chi connectivity index (χ0) is 17.9. The first kappa shape index (κ1) is 17.3.